The Hall–Kier alpha value is -2.84. The first-order chi connectivity index (χ1) is 13.5. The average Bonchev–Trinajstić information content (AvgIpc) is 2.70. The van der Waals surface area contributed by atoms with Crippen LogP contribution in [-0.4, -0.2) is 30.1 Å². The quantitative estimate of drug-likeness (QED) is 0.470. The van der Waals surface area contributed by atoms with Crippen LogP contribution >= 0.6 is 23.8 Å². The van der Waals surface area contributed by atoms with E-state index in [9.17, 15) is 9.59 Å². The molecule has 0 aliphatic rings. The molecule has 0 fully saturated rings. The zero-order chi connectivity index (χ0) is 20.4. The van der Waals surface area contributed by atoms with Crippen LogP contribution in [0.3, 0.4) is 0 Å². The lowest BCUT2D eigenvalue weighted by Gasteiger charge is -2.12. The molecule has 0 aliphatic carbocycles. The Morgan fingerprint density at radius 2 is 1.43 bits per heavy atom. The Labute approximate surface area is 173 Å². The largest absolute Gasteiger partial charge is 0.484 e. The van der Waals surface area contributed by atoms with E-state index in [0.29, 0.717) is 16.5 Å². The van der Waals surface area contributed by atoms with Crippen LogP contribution in [0.25, 0.3) is 0 Å². The first-order valence-corrected chi connectivity index (χ1v) is 9.23. The highest BCUT2D eigenvalue weighted by Crippen LogP contribution is 2.15. The minimum Gasteiger partial charge on any atom is -0.484 e. The molecule has 3 N–H and O–H groups in total. The summed E-state index contributed by atoms with van der Waals surface area (Å²) in [6.07, 6.45) is 0.929. The summed E-state index contributed by atoms with van der Waals surface area (Å²) in [5.41, 5.74) is 5.94. The van der Waals surface area contributed by atoms with Gasteiger partial charge in [-0.3, -0.25) is 25.8 Å². The van der Waals surface area contributed by atoms with Gasteiger partial charge in [-0.15, -0.1) is 0 Å². The molecule has 0 radical (unpaired) electrons. The van der Waals surface area contributed by atoms with Crippen LogP contribution < -0.4 is 25.6 Å². The molecule has 9 heteroatoms. The van der Waals surface area contributed by atoms with Gasteiger partial charge < -0.3 is 9.47 Å². The highest BCUT2D eigenvalue weighted by Gasteiger charge is 2.08. The molecule has 0 saturated heterocycles. The Balaban J connectivity index is 1.63. The van der Waals surface area contributed by atoms with Crippen LogP contribution in [0, 0.1) is 0 Å². The molecule has 0 atom stereocenters. The second kappa shape index (κ2) is 11.1. The second-order valence-electron chi connectivity index (χ2n) is 5.58. The van der Waals surface area contributed by atoms with Gasteiger partial charge in [0.05, 0.1) is 0 Å². The van der Waals surface area contributed by atoms with Gasteiger partial charge in [0.15, 0.2) is 18.3 Å². The van der Waals surface area contributed by atoms with Crippen molar-refractivity contribution in [3.05, 3.63) is 59.1 Å². The van der Waals surface area contributed by atoms with Gasteiger partial charge in [-0.1, -0.05) is 30.7 Å². The highest BCUT2D eigenvalue weighted by atomic mass is 35.5. The number of carbonyl (C=O) groups excluding carboxylic acids is 2. The number of ether oxygens (including phenoxy) is 2. The van der Waals surface area contributed by atoms with Crippen LogP contribution in [0.2, 0.25) is 5.02 Å². The topological polar surface area (TPSA) is 88.7 Å². The molecular weight excluding hydrogens is 402 g/mol. The maximum atomic E-state index is 11.8. The minimum absolute atomic E-state index is 0.0645. The van der Waals surface area contributed by atoms with Gasteiger partial charge >= 0.3 is 0 Å². The molecule has 148 valence electrons. The standard InChI is InChI=1S/C19H20ClN3O4S/c1-2-13-3-7-15(8-4-13)27-12-18(25)22-23-19(28)21-17(24)11-26-16-9-5-14(20)6-10-16/h3-10H,2,11-12H2,1H3,(H,22,25)(H2,21,23,24,28). The molecule has 2 rings (SSSR count). The number of hydrazine groups is 1. The molecule has 2 aromatic carbocycles. The van der Waals surface area contributed by atoms with Gasteiger partial charge in [-0.05, 0) is 60.6 Å². The summed E-state index contributed by atoms with van der Waals surface area (Å²) >= 11 is 10.7. The summed E-state index contributed by atoms with van der Waals surface area (Å²) < 4.78 is 10.7. The Morgan fingerprint density at radius 3 is 2.00 bits per heavy atom. The number of halogens is 1. The van der Waals surface area contributed by atoms with Gasteiger partial charge in [0.25, 0.3) is 11.8 Å². The van der Waals surface area contributed by atoms with Crippen molar-refractivity contribution >= 4 is 40.7 Å². The maximum Gasteiger partial charge on any atom is 0.276 e. The number of benzene rings is 2. The number of aryl methyl sites for hydroxylation is 1. The molecule has 0 saturated carbocycles. The van der Waals surface area contributed by atoms with E-state index in [1.807, 2.05) is 12.1 Å². The van der Waals surface area contributed by atoms with E-state index in [1.54, 1.807) is 36.4 Å². The SMILES string of the molecule is CCc1ccc(OCC(=O)NNC(=S)NC(=O)COc2ccc(Cl)cc2)cc1. The second-order valence-corrected chi connectivity index (χ2v) is 6.42. The Kier molecular flexibility index (Phi) is 8.51. The third kappa shape index (κ3) is 7.81. The van der Waals surface area contributed by atoms with Gasteiger partial charge in [0.1, 0.15) is 11.5 Å². The monoisotopic (exact) mass is 421 g/mol. The lowest BCUT2D eigenvalue weighted by molar-refractivity contribution is -0.124. The summed E-state index contributed by atoms with van der Waals surface area (Å²) in [7, 11) is 0. The smallest absolute Gasteiger partial charge is 0.276 e. The minimum atomic E-state index is -0.478. The van der Waals surface area contributed by atoms with Crippen molar-refractivity contribution in [1.29, 1.82) is 0 Å². The molecule has 0 unspecified atom stereocenters. The molecule has 0 bridgehead atoms. The number of carbonyl (C=O) groups is 2. The van der Waals surface area contributed by atoms with E-state index >= 15 is 0 Å². The van der Waals surface area contributed by atoms with Crippen molar-refractivity contribution in [2.75, 3.05) is 13.2 Å². The van der Waals surface area contributed by atoms with E-state index < -0.39 is 11.8 Å². The zero-order valence-corrected chi connectivity index (χ0v) is 16.7. The average molecular weight is 422 g/mol. The summed E-state index contributed by atoms with van der Waals surface area (Å²) in [4.78, 5) is 23.5. The summed E-state index contributed by atoms with van der Waals surface area (Å²) in [5.74, 6) is 0.154. The van der Waals surface area contributed by atoms with Gasteiger partial charge in [0.2, 0.25) is 0 Å². The first kappa shape index (κ1) is 21.5. The highest BCUT2D eigenvalue weighted by molar-refractivity contribution is 7.80. The van der Waals surface area contributed by atoms with Gasteiger partial charge in [0, 0.05) is 5.02 Å². The number of hydrogen-bond donors (Lipinski definition) is 3. The normalized spacial score (nSPS) is 9.93. The van der Waals surface area contributed by atoms with E-state index in [4.69, 9.17) is 33.3 Å². The number of amides is 2. The van der Waals surface area contributed by atoms with Crippen molar-refractivity contribution in [3.63, 3.8) is 0 Å². The Bertz CT molecular complexity index is 813. The summed E-state index contributed by atoms with van der Waals surface area (Å²) in [6.45, 7) is 1.61. The molecule has 0 heterocycles. The third-order valence-corrected chi connectivity index (χ3v) is 3.91. The number of nitrogens with one attached hydrogen (secondary N) is 3. The van der Waals surface area contributed by atoms with E-state index in [2.05, 4.69) is 23.1 Å². The zero-order valence-electron chi connectivity index (χ0n) is 15.2. The number of hydrogen-bond acceptors (Lipinski definition) is 5. The predicted octanol–water partition coefficient (Wildman–Crippen LogP) is 2.38. The van der Waals surface area contributed by atoms with Gasteiger partial charge in [-0.2, -0.15) is 0 Å². The molecule has 28 heavy (non-hydrogen) atoms. The van der Waals surface area contributed by atoms with E-state index in [-0.39, 0.29) is 18.3 Å². The molecule has 0 spiro atoms. The van der Waals surface area contributed by atoms with Crippen molar-refractivity contribution in [1.82, 2.24) is 16.2 Å². The molecule has 0 aliphatic heterocycles. The predicted molar refractivity (Wildman–Crippen MR) is 110 cm³/mol. The maximum absolute atomic E-state index is 11.8. The fraction of sp³-hybridized carbons (Fsp3) is 0.211. The van der Waals surface area contributed by atoms with Crippen molar-refractivity contribution in [2.24, 2.45) is 0 Å². The van der Waals surface area contributed by atoms with Crippen LogP contribution in [0.5, 0.6) is 11.5 Å². The third-order valence-electron chi connectivity index (χ3n) is 3.45. The van der Waals surface area contributed by atoms with Crippen LogP contribution in [-0.2, 0) is 16.0 Å². The van der Waals surface area contributed by atoms with Crippen molar-refractivity contribution < 1.29 is 19.1 Å². The Morgan fingerprint density at radius 1 is 0.893 bits per heavy atom. The summed E-state index contributed by atoms with van der Waals surface area (Å²) in [5, 5.41) is 2.88. The fourth-order valence-electron chi connectivity index (χ4n) is 2.01. The first-order valence-electron chi connectivity index (χ1n) is 8.45. The molecular formula is C19H20ClN3O4S. The molecule has 0 aromatic heterocycles. The van der Waals surface area contributed by atoms with Crippen LogP contribution in [0.1, 0.15) is 12.5 Å². The molecule has 7 nitrogen and oxygen atoms in total. The lowest BCUT2D eigenvalue weighted by atomic mass is 10.2. The molecule has 2 aromatic rings. The molecule has 2 amide bonds. The van der Waals surface area contributed by atoms with E-state index in [0.717, 1.165) is 6.42 Å². The number of rotatable bonds is 7. The number of thiocarbonyl (C=S) groups is 1. The lowest BCUT2D eigenvalue weighted by Crippen LogP contribution is -2.50. The van der Waals surface area contributed by atoms with Crippen molar-refractivity contribution in [2.45, 2.75) is 13.3 Å². The van der Waals surface area contributed by atoms with Crippen LogP contribution in [0.4, 0.5) is 0 Å². The van der Waals surface area contributed by atoms with E-state index in [1.165, 1.54) is 5.56 Å². The van der Waals surface area contributed by atoms with Crippen LogP contribution in [0.15, 0.2) is 48.5 Å². The fourth-order valence-corrected chi connectivity index (χ4v) is 2.30. The van der Waals surface area contributed by atoms with Gasteiger partial charge in [-0.25, -0.2) is 0 Å². The summed E-state index contributed by atoms with van der Waals surface area (Å²) in [6, 6.07) is 14.0. The van der Waals surface area contributed by atoms with Crippen molar-refractivity contribution in [3.8, 4) is 11.5 Å².